The summed E-state index contributed by atoms with van der Waals surface area (Å²) in [6.45, 7) is 0.812. The molecule has 9 heteroatoms. The maximum absolute atomic E-state index is 12.0. The Labute approximate surface area is 125 Å². The molecule has 0 aliphatic heterocycles. The van der Waals surface area contributed by atoms with E-state index in [1.807, 2.05) is 0 Å². The van der Waals surface area contributed by atoms with E-state index in [1.54, 1.807) is 24.4 Å². The highest BCUT2D eigenvalue weighted by Gasteiger charge is 2.27. The summed E-state index contributed by atoms with van der Waals surface area (Å²) in [5.74, 6) is 0. The normalized spacial score (nSPS) is 10.8. The summed E-state index contributed by atoms with van der Waals surface area (Å²) >= 11 is 0. The first-order chi connectivity index (χ1) is 10.2. The summed E-state index contributed by atoms with van der Waals surface area (Å²) in [5.41, 5.74) is 0.757. The summed E-state index contributed by atoms with van der Waals surface area (Å²) < 4.78 is 36.0. The third kappa shape index (κ3) is 5.90. The van der Waals surface area contributed by atoms with Crippen LogP contribution in [-0.2, 0) is 0 Å². The SMILES string of the molecule is CCNC(=O)N(C)c1cccc(NC(=O)NCC(F)(F)F)c1. The van der Waals surface area contributed by atoms with Gasteiger partial charge in [0.1, 0.15) is 6.54 Å². The number of carbonyl (C=O) groups excluding carboxylic acids is 2. The Morgan fingerprint density at radius 1 is 1.23 bits per heavy atom. The zero-order chi connectivity index (χ0) is 16.8. The fourth-order valence-electron chi connectivity index (χ4n) is 1.54. The topological polar surface area (TPSA) is 73.5 Å². The Morgan fingerprint density at radius 3 is 2.50 bits per heavy atom. The lowest BCUT2D eigenvalue weighted by molar-refractivity contribution is -0.122. The van der Waals surface area contributed by atoms with E-state index in [4.69, 9.17) is 0 Å². The van der Waals surface area contributed by atoms with Crippen molar-refractivity contribution in [3.8, 4) is 0 Å². The maximum Gasteiger partial charge on any atom is 0.405 e. The number of benzene rings is 1. The summed E-state index contributed by atoms with van der Waals surface area (Å²) in [6.07, 6.45) is -4.47. The second-order valence-corrected chi connectivity index (χ2v) is 4.37. The lowest BCUT2D eigenvalue weighted by Gasteiger charge is -2.18. The fourth-order valence-corrected chi connectivity index (χ4v) is 1.54. The molecule has 0 saturated heterocycles. The van der Waals surface area contributed by atoms with Crippen LogP contribution in [0.15, 0.2) is 24.3 Å². The van der Waals surface area contributed by atoms with Crippen LogP contribution in [0.4, 0.5) is 34.1 Å². The molecule has 0 heterocycles. The molecule has 0 bridgehead atoms. The van der Waals surface area contributed by atoms with Crippen molar-refractivity contribution in [1.82, 2.24) is 10.6 Å². The van der Waals surface area contributed by atoms with Crippen molar-refractivity contribution >= 4 is 23.4 Å². The van der Waals surface area contributed by atoms with Crippen LogP contribution in [0.3, 0.4) is 0 Å². The molecule has 0 spiro atoms. The number of anilines is 2. The molecule has 4 amide bonds. The van der Waals surface area contributed by atoms with E-state index in [9.17, 15) is 22.8 Å². The van der Waals surface area contributed by atoms with Gasteiger partial charge in [-0.2, -0.15) is 13.2 Å². The standard InChI is InChI=1S/C13H17F3N4O2/c1-3-17-12(22)20(2)10-6-4-5-9(7-10)19-11(21)18-8-13(14,15)16/h4-7H,3,8H2,1-2H3,(H,17,22)(H2,18,19,21). The second-order valence-electron chi connectivity index (χ2n) is 4.37. The molecule has 1 aromatic rings. The third-order valence-corrected chi connectivity index (χ3v) is 2.57. The summed E-state index contributed by atoms with van der Waals surface area (Å²) in [5, 5.41) is 6.57. The average molecular weight is 318 g/mol. The molecule has 3 N–H and O–H groups in total. The van der Waals surface area contributed by atoms with Crippen molar-refractivity contribution in [2.75, 3.05) is 30.4 Å². The zero-order valence-corrected chi connectivity index (χ0v) is 12.1. The molecule has 0 fully saturated rings. The van der Waals surface area contributed by atoms with E-state index in [0.717, 1.165) is 0 Å². The minimum absolute atomic E-state index is 0.272. The Balaban J connectivity index is 2.68. The predicted octanol–water partition coefficient (Wildman–Crippen LogP) is 2.54. The van der Waals surface area contributed by atoms with E-state index in [1.165, 1.54) is 24.1 Å². The van der Waals surface area contributed by atoms with Crippen LogP contribution in [0.1, 0.15) is 6.92 Å². The number of nitrogens with one attached hydrogen (secondary N) is 3. The lowest BCUT2D eigenvalue weighted by Crippen LogP contribution is -2.37. The molecule has 0 aliphatic carbocycles. The van der Waals surface area contributed by atoms with E-state index in [-0.39, 0.29) is 11.7 Å². The number of rotatable bonds is 4. The molecule has 122 valence electrons. The quantitative estimate of drug-likeness (QED) is 0.798. The molecule has 6 nitrogen and oxygen atoms in total. The van der Waals surface area contributed by atoms with Crippen molar-refractivity contribution in [2.45, 2.75) is 13.1 Å². The van der Waals surface area contributed by atoms with Gasteiger partial charge in [-0.1, -0.05) is 6.07 Å². The van der Waals surface area contributed by atoms with Gasteiger partial charge in [0.15, 0.2) is 0 Å². The van der Waals surface area contributed by atoms with Crippen LogP contribution in [0.5, 0.6) is 0 Å². The number of nitrogens with zero attached hydrogens (tertiary/aromatic N) is 1. The smallest absolute Gasteiger partial charge is 0.338 e. The van der Waals surface area contributed by atoms with Crippen LogP contribution < -0.4 is 20.9 Å². The molecule has 0 atom stereocenters. The molecule has 1 aromatic carbocycles. The summed E-state index contributed by atoms with van der Waals surface area (Å²) in [4.78, 5) is 24.4. The lowest BCUT2D eigenvalue weighted by atomic mass is 10.2. The highest BCUT2D eigenvalue weighted by Crippen LogP contribution is 2.18. The van der Waals surface area contributed by atoms with Gasteiger partial charge in [0.2, 0.25) is 0 Å². The van der Waals surface area contributed by atoms with Gasteiger partial charge in [0, 0.05) is 25.0 Å². The second kappa shape index (κ2) is 7.53. The molecule has 22 heavy (non-hydrogen) atoms. The summed E-state index contributed by atoms with van der Waals surface area (Å²) in [6, 6.07) is 4.87. The Kier molecular flexibility index (Phi) is 6.02. The highest BCUT2D eigenvalue weighted by molar-refractivity contribution is 5.94. The molecule has 1 rings (SSSR count). The Bertz CT molecular complexity index is 534. The van der Waals surface area contributed by atoms with E-state index < -0.39 is 18.8 Å². The first-order valence-corrected chi connectivity index (χ1v) is 6.46. The van der Waals surface area contributed by atoms with Gasteiger partial charge in [-0.15, -0.1) is 0 Å². The van der Waals surface area contributed by atoms with Crippen molar-refractivity contribution in [3.63, 3.8) is 0 Å². The van der Waals surface area contributed by atoms with Gasteiger partial charge in [-0.25, -0.2) is 9.59 Å². The van der Waals surface area contributed by atoms with E-state index in [2.05, 4.69) is 10.6 Å². The van der Waals surface area contributed by atoms with Gasteiger partial charge >= 0.3 is 18.2 Å². The summed E-state index contributed by atoms with van der Waals surface area (Å²) in [7, 11) is 1.54. The van der Waals surface area contributed by atoms with Crippen molar-refractivity contribution in [2.24, 2.45) is 0 Å². The molecule has 0 radical (unpaired) electrons. The minimum atomic E-state index is -4.47. The van der Waals surface area contributed by atoms with E-state index >= 15 is 0 Å². The van der Waals surface area contributed by atoms with E-state index in [0.29, 0.717) is 12.2 Å². The van der Waals surface area contributed by atoms with Crippen LogP contribution in [0, 0.1) is 0 Å². The zero-order valence-electron chi connectivity index (χ0n) is 12.1. The highest BCUT2D eigenvalue weighted by atomic mass is 19.4. The minimum Gasteiger partial charge on any atom is -0.338 e. The number of carbonyl (C=O) groups is 2. The number of hydrogen-bond donors (Lipinski definition) is 3. The predicted molar refractivity (Wildman–Crippen MR) is 77.0 cm³/mol. The fraction of sp³-hybridized carbons (Fsp3) is 0.385. The molecule has 0 aromatic heterocycles. The molecule has 0 aliphatic rings. The first-order valence-electron chi connectivity index (χ1n) is 6.46. The number of alkyl halides is 3. The molecule has 0 saturated carbocycles. The molecular weight excluding hydrogens is 301 g/mol. The van der Waals surface area contributed by atoms with Crippen molar-refractivity contribution in [1.29, 1.82) is 0 Å². The number of hydrogen-bond acceptors (Lipinski definition) is 2. The van der Waals surface area contributed by atoms with Gasteiger partial charge in [0.05, 0.1) is 0 Å². The van der Waals surface area contributed by atoms with Crippen LogP contribution >= 0.6 is 0 Å². The van der Waals surface area contributed by atoms with Crippen LogP contribution in [0.2, 0.25) is 0 Å². The van der Waals surface area contributed by atoms with Crippen molar-refractivity contribution < 1.29 is 22.8 Å². The number of amides is 4. The number of halogens is 3. The van der Waals surface area contributed by atoms with Crippen LogP contribution in [-0.4, -0.2) is 38.4 Å². The van der Waals surface area contributed by atoms with Crippen molar-refractivity contribution in [3.05, 3.63) is 24.3 Å². The number of urea groups is 2. The Hall–Kier alpha value is -2.45. The maximum atomic E-state index is 12.0. The van der Waals surface area contributed by atoms with Gasteiger partial charge in [0.25, 0.3) is 0 Å². The molecule has 0 unspecified atom stereocenters. The monoisotopic (exact) mass is 318 g/mol. The van der Waals surface area contributed by atoms with Gasteiger partial charge < -0.3 is 16.0 Å². The van der Waals surface area contributed by atoms with Crippen LogP contribution in [0.25, 0.3) is 0 Å². The third-order valence-electron chi connectivity index (χ3n) is 2.57. The molecular formula is C13H17F3N4O2. The first kappa shape index (κ1) is 17.6. The Morgan fingerprint density at radius 2 is 1.91 bits per heavy atom. The average Bonchev–Trinajstić information content (AvgIpc) is 2.44. The largest absolute Gasteiger partial charge is 0.405 e. The van der Waals surface area contributed by atoms with Gasteiger partial charge in [-0.05, 0) is 25.1 Å². The van der Waals surface area contributed by atoms with Gasteiger partial charge in [-0.3, -0.25) is 4.90 Å².